The molecule has 0 aliphatic carbocycles. The van der Waals surface area contributed by atoms with E-state index in [4.69, 9.17) is 10.5 Å². The summed E-state index contributed by atoms with van der Waals surface area (Å²) in [4.78, 5) is 11.3. The fourth-order valence-corrected chi connectivity index (χ4v) is 1.44. The van der Waals surface area contributed by atoms with Crippen molar-refractivity contribution in [3.05, 3.63) is 17.5 Å². The Hall–Kier alpha value is -1.56. The summed E-state index contributed by atoms with van der Waals surface area (Å²) in [6.45, 7) is 4.34. The first-order valence-corrected chi connectivity index (χ1v) is 5.22. The Morgan fingerprint density at radius 1 is 1.75 bits per heavy atom. The number of nitrogens with two attached hydrogens (primary N) is 1. The standard InChI is InChI=1S/C10H18N4O2/c1-4-16-10(15)13-9(5-11)8-6-12-14(3)7(8)2/h6,9H,4-5,11H2,1-3H3,(H,13,15). The van der Waals surface area contributed by atoms with Crippen LogP contribution in [0.15, 0.2) is 6.20 Å². The van der Waals surface area contributed by atoms with Crippen LogP contribution in [0, 0.1) is 6.92 Å². The fraction of sp³-hybridized carbons (Fsp3) is 0.600. The Labute approximate surface area is 94.8 Å². The Morgan fingerprint density at radius 2 is 2.44 bits per heavy atom. The second-order valence-electron chi connectivity index (χ2n) is 3.46. The largest absolute Gasteiger partial charge is 0.450 e. The molecule has 1 unspecified atom stereocenters. The van der Waals surface area contributed by atoms with Gasteiger partial charge in [-0.05, 0) is 13.8 Å². The lowest BCUT2D eigenvalue weighted by Crippen LogP contribution is -2.34. The highest BCUT2D eigenvalue weighted by atomic mass is 16.5. The van der Waals surface area contributed by atoms with Gasteiger partial charge in [-0.2, -0.15) is 5.10 Å². The summed E-state index contributed by atoms with van der Waals surface area (Å²) in [6.07, 6.45) is 1.25. The summed E-state index contributed by atoms with van der Waals surface area (Å²) in [6, 6.07) is -0.257. The Bertz CT molecular complexity index is 362. The minimum Gasteiger partial charge on any atom is -0.450 e. The summed E-state index contributed by atoms with van der Waals surface area (Å²) < 4.78 is 6.55. The maximum Gasteiger partial charge on any atom is 0.407 e. The first kappa shape index (κ1) is 12.5. The maximum absolute atomic E-state index is 11.3. The van der Waals surface area contributed by atoms with Crippen molar-refractivity contribution in [1.29, 1.82) is 0 Å². The molecule has 1 amide bonds. The van der Waals surface area contributed by atoms with Crippen molar-refractivity contribution in [3.8, 4) is 0 Å². The molecule has 1 aromatic rings. The number of alkyl carbamates (subject to hydrolysis) is 1. The molecule has 1 atom stereocenters. The van der Waals surface area contributed by atoms with E-state index in [1.54, 1.807) is 17.8 Å². The average Bonchev–Trinajstić information content (AvgIpc) is 2.57. The predicted octanol–water partition coefficient (Wildman–Crippen LogP) is 0.474. The SMILES string of the molecule is CCOC(=O)NC(CN)c1cnn(C)c1C. The molecule has 0 spiro atoms. The third-order valence-corrected chi connectivity index (χ3v) is 2.45. The van der Waals surface area contributed by atoms with Crippen molar-refractivity contribution in [2.45, 2.75) is 19.9 Å². The van der Waals surface area contributed by atoms with E-state index in [2.05, 4.69) is 10.4 Å². The molecule has 0 saturated carbocycles. The van der Waals surface area contributed by atoms with Crippen LogP contribution in [-0.2, 0) is 11.8 Å². The summed E-state index contributed by atoms with van der Waals surface area (Å²) in [5.41, 5.74) is 7.51. The quantitative estimate of drug-likeness (QED) is 0.782. The van der Waals surface area contributed by atoms with Gasteiger partial charge >= 0.3 is 6.09 Å². The monoisotopic (exact) mass is 226 g/mol. The normalized spacial score (nSPS) is 12.2. The van der Waals surface area contributed by atoms with Gasteiger partial charge in [-0.15, -0.1) is 0 Å². The summed E-state index contributed by atoms with van der Waals surface area (Å²) >= 11 is 0. The van der Waals surface area contributed by atoms with Gasteiger partial charge in [0.15, 0.2) is 0 Å². The second kappa shape index (κ2) is 5.50. The molecule has 16 heavy (non-hydrogen) atoms. The summed E-state index contributed by atoms with van der Waals surface area (Å²) in [5.74, 6) is 0. The Balaban J connectivity index is 2.75. The molecule has 1 rings (SSSR count). The van der Waals surface area contributed by atoms with E-state index in [0.29, 0.717) is 13.2 Å². The van der Waals surface area contributed by atoms with Gasteiger partial charge < -0.3 is 15.8 Å². The molecule has 0 bridgehead atoms. The maximum atomic E-state index is 11.3. The second-order valence-corrected chi connectivity index (χ2v) is 3.46. The first-order valence-electron chi connectivity index (χ1n) is 5.22. The number of hydrogen-bond donors (Lipinski definition) is 2. The van der Waals surface area contributed by atoms with Crippen molar-refractivity contribution in [2.75, 3.05) is 13.2 Å². The lowest BCUT2D eigenvalue weighted by molar-refractivity contribution is 0.148. The van der Waals surface area contributed by atoms with Crippen LogP contribution in [0.4, 0.5) is 4.79 Å². The van der Waals surface area contributed by atoms with Gasteiger partial charge in [0, 0.05) is 24.8 Å². The zero-order chi connectivity index (χ0) is 12.1. The average molecular weight is 226 g/mol. The summed E-state index contributed by atoms with van der Waals surface area (Å²) in [5, 5.41) is 6.81. The van der Waals surface area contributed by atoms with E-state index in [0.717, 1.165) is 11.3 Å². The summed E-state index contributed by atoms with van der Waals surface area (Å²) in [7, 11) is 1.84. The number of hydrogen-bond acceptors (Lipinski definition) is 4. The lowest BCUT2D eigenvalue weighted by Gasteiger charge is -2.16. The zero-order valence-corrected chi connectivity index (χ0v) is 9.86. The number of ether oxygens (including phenoxy) is 1. The molecule has 0 aliphatic heterocycles. The highest BCUT2D eigenvalue weighted by Crippen LogP contribution is 2.15. The van der Waals surface area contributed by atoms with E-state index in [-0.39, 0.29) is 6.04 Å². The van der Waals surface area contributed by atoms with Crippen LogP contribution >= 0.6 is 0 Å². The minimum absolute atomic E-state index is 0.257. The van der Waals surface area contributed by atoms with Gasteiger partial charge in [0.1, 0.15) is 0 Å². The van der Waals surface area contributed by atoms with Crippen LogP contribution in [0.1, 0.15) is 24.2 Å². The minimum atomic E-state index is -0.457. The molecule has 6 nitrogen and oxygen atoms in total. The van der Waals surface area contributed by atoms with Gasteiger partial charge in [0.05, 0.1) is 18.8 Å². The highest BCUT2D eigenvalue weighted by Gasteiger charge is 2.17. The van der Waals surface area contributed by atoms with Gasteiger partial charge in [-0.3, -0.25) is 4.68 Å². The van der Waals surface area contributed by atoms with Crippen molar-refractivity contribution >= 4 is 6.09 Å². The molecular weight excluding hydrogens is 208 g/mol. The van der Waals surface area contributed by atoms with Crippen LogP contribution in [0.25, 0.3) is 0 Å². The number of amides is 1. The zero-order valence-electron chi connectivity index (χ0n) is 9.86. The van der Waals surface area contributed by atoms with Crippen LogP contribution in [0.3, 0.4) is 0 Å². The van der Waals surface area contributed by atoms with E-state index in [1.807, 2.05) is 14.0 Å². The topological polar surface area (TPSA) is 82.2 Å². The predicted molar refractivity (Wildman–Crippen MR) is 59.9 cm³/mol. The molecule has 3 N–H and O–H groups in total. The molecule has 90 valence electrons. The third kappa shape index (κ3) is 2.73. The smallest absolute Gasteiger partial charge is 0.407 e. The van der Waals surface area contributed by atoms with Gasteiger partial charge in [-0.1, -0.05) is 0 Å². The third-order valence-electron chi connectivity index (χ3n) is 2.45. The number of nitrogens with one attached hydrogen (secondary N) is 1. The molecule has 0 radical (unpaired) electrons. The van der Waals surface area contributed by atoms with E-state index in [9.17, 15) is 4.79 Å². The van der Waals surface area contributed by atoms with Crippen molar-refractivity contribution in [2.24, 2.45) is 12.8 Å². The number of carbonyl (C=O) groups excluding carboxylic acids is 1. The van der Waals surface area contributed by atoms with E-state index in [1.165, 1.54) is 0 Å². The molecule has 1 heterocycles. The molecule has 0 aromatic carbocycles. The van der Waals surface area contributed by atoms with Crippen LogP contribution < -0.4 is 11.1 Å². The number of rotatable bonds is 4. The van der Waals surface area contributed by atoms with E-state index < -0.39 is 6.09 Å². The molecule has 0 saturated heterocycles. The Morgan fingerprint density at radius 3 is 2.88 bits per heavy atom. The Kier molecular flexibility index (Phi) is 4.30. The number of aromatic nitrogens is 2. The van der Waals surface area contributed by atoms with Crippen LogP contribution in [0.2, 0.25) is 0 Å². The highest BCUT2D eigenvalue weighted by molar-refractivity contribution is 5.67. The van der Waals surface area contributed by atoms with Crippen molar-refractivity contribution in [1.82, 2.24) is 15.1 Å². The number of carbonyl (C=O) groups is 1. The van der Waals surface area contributed by atoms with Gasteiger partial charge in [0.25, 0.3) is 0 Å². The molecule has 6 heteroatoms. The molecule has 0 aliphatic rings. The van der Waals surface area contributed by atoms with Crippen LogP contribution in [0.5, 0.6) is 0 Å². The molecule has 0 fully saturated rings. The number of aryl methyl sites for hydroxylation is 1. The van der Waals surface area contributed by atoms with Crippen molar-refractivity contribution in [3.63, 3.8) is 0 Å². The fourth-order valence-electron chi connectivity index (χ4n) is 1.44. The molecular formula is C10H18N4O2. The first-order chi connectivity index (χ1) is 7.60. The van der Waals surface area contributed by atoms with Crippen molar-refractivity contribution < 1.29 is 9.53 Å². The lowest BCUT2D eigenvalue weighted by atomic mass is 10.1. The number of nitrogens with zero attached hydrogens (tertiary/aromatic N) is 2. The van der Waals surface area contributed by atoms with Crippen LogP contribution in [-0.4, -0.2) is 29.0 Å². The van der Waals surface area contributed by atoms with Gasteiger partial charge in [-0.25, -0.2) is 4.79 Å². The molecule has 1 aromatic heterocycles. The van der Waals surface area contributed by atoms with E-state index >= 15 is 0 Å². The van der Waals surface area contributed by atoms with Gasteiger partial charge in [0.2, 0.25) is 0 Å².